The maximum Gasteiger partial charge on any atom is 0.340 e. The molecule has 0 atom stereocenters. The molecule has 1 N–H and O–H groups in total. The van der Waals surface area contributed by atoms with Crippen molar-refractivity contribution in [2.75, 3.05) is 11.9 Å². The number of carbonyl (C=O) groups is 2. The molecule has 0 aliphatic rings. The summed E-state index contributed by atoms with van der Waals surface area (Å²) in [7, 11) is 0. The van der Waals surface area contributed by atoms with Crippen LogP contribution in [0, 0.1) is 13.8 Å². The first kappa shape index (κ1) is 21.9. The molecule has 9 heteroatoms. The third kappa shape index (κ3) is 4.88. The summed E-state index contributed by atoms with van der Waals surface area (Å²) in [5.41, 5.74) is 2.36. The molecule has 0 saturated carbocycles. The van der Waals surface area contributed by atoms with E-state index in [0.29, 0.717) is 17.8 Å². The Bertz CT molecular complexity index is 1180. The zero-order valence-electron chi connectivity index (χ0n) is 18.0. The Labute approximate surface area is 179 Å². The van der Waals surface area contributed by atoms with Gasteiger partial charge in [-0.15, -0.1) is 0 Å². The normalized spacial score (nSPS) is 10.7. The van der Waals surface area contributed by atoms with Gasteiger partial charge in [-0.05, 0) is 45.4 Å². The monoisotopic (exact) mass is 423 g/mol. The average Bonchev–Trinajstić information content (AvgIpc) is 3.07. The Balaban J connectivity index is 1.95. The fraction of sp³-hybridized carbons (Fsp3) is 0.318. The zero-order chi connectivity index (χ0) is 22.5. The quantitative estimate of drug-likeness (QED) is 0.585. The Kier molecular flexibility index (Phi) is 6.64. The van der Waals surface area contributed by atoms with E-state index in [1.807, 2.05) is 26.8 Å². The summed E-state index contributed by atoms with van der Waals surface area (Å²) in [4.78, 5) is 42.3. The van der Waals surface area contributed by atoms with Crippen LogP contribution in [0.2, 0.25) is 0 Å². The molecule has 31 heavy (non-hydrogen) atoms. The van der Waals surface area contributed by atoms with Gasteiger partial charge in [-0.1, -0.05) is 19.1 Å². The van der Waals surface area contributed by atoms with E-state index in [1.54, 1.807) is 35.9 Å². The van der Waals surface area contributed by atoms with E-state index >= 15 is 0 Å². The van der Waals surface area contributed by atoms with Crippen molar-refractivity contribution in [1.82, 2.24) is 19.3 Å². The van der Waals surface area contributed by atoms with Crippen LogP contribution in [0.3, 0.4) is 0 Å². The molecule has 1 aromatic carbocycles. The maximum absolute atomic E-state index is 12.8. The lowest BCUT2D eigenvalue weighted by Crippen LogP contribution is -2.32. The van der Waals surface area contributed by atoms with Crippen LogP contribution < -0.4 is 10.9 Å². The highest BCUT2D eigenvalue weighted by Gasteiger charge is 2.18. The molecule has 3 rings (SSSR count). The smallest absolute Gasteiger partial charge is 0.340 e. The minimum Gasteiger partial charge on any atom is -0.462 e. The van der Waals surface area contributed by atoms with Crippen LogP contribution >= 0.6 is 0 Å². The number of nitrogens with one attached hydrogen (secondary N) is 1. The third-order valence-corrected chi connectivity index (χ3v) is 4.60. The minimum absolute atomic E-state index is 0.220. The van der Waals surface area contributed by atoms with Gasteiger partial charge in [-0.2, -0.15) is 5.10 Å². The number of rotatable bonds is 7. The van der Waals surface area contributed by atoms with Crippen LogP contribution in [-0.4, -0.2) is 37.8 Å². The molecular weight excluding hydrogens is 398 g/mol. The molecule has 0 unspecified atom stereocenters. The molecule has 0 radical (unpaired) electrons. The van der Waals surface area contributed by atoms with Gasteiger partial charge in [-0.3, -0.25) is 14.2 Å². The number of benzene rings is 1. The number of carbonyl (C=O) groups excluding carboxylic acids is 2. The Morgan fingerprint density at radius 2 is 1.87 bits per heavy atom. The van der Waals surface area contributed by atoms with Gasteiger partial charge in [0.15, 0.2) is 0 Å². The predicted molar refractivity (Wildman–Crippen MR) is 115 cm³/mol. The standard InChI is InChI=1S/C22H25N5O4/c1-5-16-12-20(29)26(22(23-16)27-15(4)11-14(3)25-27)13-19(28)24-18-10-8-7-9-17(18)21(30)31-6-2/h7-12H,5-6,13H2,1-4H3,(H,24,28). The van der Waals surface area contributed by atoms with Gasteiger partial charge in [0.25, 0.3) is 5.56 Å². The summed E-state index contributed by atoms with van der Waals surface area (Å²) < 4.78 is 7.85. The number of aryl methyl sites for hydroxylation is 3. The summed E-state index contributed by atoms with van der Waals surface area (Å²) >= 11 is 0. The summed E-state index contributed by atoms with van der Waals surface area (Å²) in [6.07, 6.45) is 0.571. The highest BCUT2D eigenvalue weighted by Crippen LogP contribution is 2.17. The van der Waals surface area contributed by atoms with E-state index in [4.69, 9.17) is 4.74 Å². The summed E-state index contributed by atoms with van der Waals surface area (Å²) in [6.45, 7) is 7.23. The van der Waals surface area contributed by atoms with Crippen molar-refractivity contribution in [3.8, 4) is 5.95 Å². The minimum atomic E-state index is -0.534. The maximum atomic E-state index is 12.8. The average molecular weight is 423 g/mol. The predicted octanol–water partition coefficient (Wildman–Crippen LogP) is 2.42. The molecule has 1 amide bonds. The number of ether oxygens (including phenoxy) is 1. The van der Waals surface area contributed by atoms with Gasteiger partial charge in [0.2, 0.25) is 11.9 Å². The summed E-state index contributed by atoms with van der Waals surface area (Å²) in [6, 6.07) is 9.83. The first-order valence-corrected chi connectivity index (χ1v) is 10.0. The number of anilines is 1. The molecule has 2 heterocycles. The SMILES string of the molecule is CCOC(=O)c1ccccc1NC(=O)Cn1c(-n2nc(C)cc2C)nc(CC)cc1=O. The molecule has 0 saturated heterocycles. The first-order chi connectivity index (χ1) is 14.8. The van der Waals surface area contributed by atoms with Gasteiger partial charge in [0, 0.05) is 17.5 Å². The Morgan fingerprint density at radius 1 is 1.13 bits per heavy atom. The van der Waals surface area contributed by atoms with Crippen LogP contribution in [0.4, 0.5) is 5.69 Å². The lowest BCUT2D eigenvalue weighted by atomic mass is 10.2. The van der Waals surface area contributed by atoms with Crippen molar-refractivity contribution in [3.63, 3.8) is 0 Å². The number of hydrogen-bond acceptors (Lipinski definition) is 6. The van der Waals surface area contributed by atoms with Crippen molar-refractivity contribution < 1.29 is 14.3 Å². The number of aromatic nitrogens is 4. The van der Waals surface area contributed by atoms with Crippen molar-refractivity contribution in [3.05, 3.63) is 69.4 Å². The van der Waals surface area contributed by atoms with Gasteiger partial charge < -0.3 is 10.1 Å². The molecule has 0 aliphatic heterocycles. The molecule has 0 spiro atoms. The van der Waals surface area contributed by atoms with E-state index in [9.17, 15) is 14.4 Å². The van der Waals surface area contributed by atoms with Crippen molar-refractivity contribution in [2.24, 2.45) is 0 Å². The second-order valence-electron chi connectivity index (χ2n) is 6.98. The molecule has 0 aliphatic carbocycles. The number of esters is 1. The van der Waals surface area contributed by atoms with E-state index in [-0.39, 0.29) is 30.2 Å². The van der Waals surface area contributed by atoms with Crippen LogP contribution in [0.1, 0.15) is 41.3 Å². The molecule has 3 aromatic rings. The van der Waals surface area contributed by atoms with E-state index in [2.05, 4.69) is 15.4 Å². The van der Waals surface area contributed by atoms with Crippen LogP contribution in [0.15, 0.2) is 41.2 Å². The first-order valence-electron chi connectivity index (χ1n) is 10.0. The van der Waals surface area contributed by atoms with E-state index in [1.165, 1.54) is 10.6 Å². The highest BCUT2D eigenvalue weighted by atomic mass is 16.5. The topological polar surface area (TPSA) is 108 Å². The summed E-state index contributed by atoms with van der Waals surface area (Å²) in [5.74, 6) is -0.746. The lowest BCUT2D eigenvalue weighted by molar-refractivity contribution is -0.116. The van der Waals surface area contributed by atoms with Gasteiger partial charge >= 0.3 is 5.97 Å². The Hall–Kier alpha value is -3.75. The fourth-order valence-corrected chi connectivity index (χ4v) is 3.18. The number of amides is 1. The van der Waals surface area contributed by atoms with E-state index < -0.39 is 11.9 Å². The van der Waals surface area contributed by atoms with Crippen LogP contribution in [-0.2, 0) is 22.5 Å². The third-order valence-electron chi connectivity index (χ3n) is 4.60. The fourth-order valence-electron chi connectivity index (χ4n) is 3.18. The van der Waals surface area contributed by atoms with Gasteiger partial charge in [-0.25, -0.2) is 14.5 Å². The number of nitrogens with zero attached hydrogens (tertiary/aromatic N) is 4. The molecule has 9 nitrogen and oxygen atoms in total. The number of para-hydroxylation sites is 1. The molecule has 0 bridgehead atoms. The van der Waals surface area contributed by atoms with Crippen LogP contribution in [0.5, 0.6) is 0 Å². The molecule has 2 aromatic heterocycles. The lowest BCUT2D eigenvalue weighted by Gasteiger charge is -2.15. The van der Waals surface area contributed by atoms with Crippen molar-refractivity contribution in [1.29, 1.82) is 0 Å². The van der Waals surface area contributed by atoms with Crippen molar-refractivity contribution in [2.45, 2.75) is 40.7 Å². The second kappa shape index (κ2) is 9.38. The molecule has 0 fully saturated rings. The highest BCUT2D eigenvalue weighted by molar-refractivity contribution is 6.01. The summed E-state index contributed by atoms with van der Waals surface area (Å²) in [5, 5.41) is 7.10. The largest absolute Gasteiger partial charge is 0.462 e. The second-order valence-corrected chi connectivity index (χ2v) is 6.98. The zero-order valence-corrected chi connectivity index (χ0v) is 18.0. The van der Waals surface area contributed by atoms with Crippen LogP contribution in [0.25, 0.3) is 5.95 Å². The van der Waals surface area contributed by atoms with Gasteiger partial charge in [0.1, 0.15) is 6.54 Å². The van der Waals surface area contributed by atoms with Gasteiger partial charge in [0.05, 0.1) is 23.6 Å². The molecular formula is C22H25N5O4. The number of hydrogen-bond donors (Lipinski definition) is 1. The van der Waals surface area contributed by atoms with E-state index in [0.717, 1.165) is 11.4 Å². The molecule has 162 valence electrons. The van der Waals surface area contributed by atoms with Crippen molar-refractivity contribution >= 4 is 17.6 Å². The Morgan fingerprint density at radius 3 is 2.52 bits per heavy atom.